The van der Waals surface area contributed by atoms with Gasteiger partial charge in [-0.25, -0.2) is 4.79 Å². The van der Waals surface area contributed by atoms with Crippen LogP contribution in [0.2, 0.25) is 0 Å². The Kier molecular flexibility index (Phi) is 6.94. The number of carbonyl (C=O) groups is 3. The maximum absolute atomic E-state index is 13.7. The SMILES string of the molecule is CC(C)C1C(=O)N(CCc2cccc3ccccc23)CC2N(C(=O)O)OC(Cc3ccc(O)cc3)C(=O)N12. The third-order valence-corrected chi connectivity index (χ3v) is 7.32. The van der Waals surface area contributed by atoms with Crippen LogP contribution in [0.3, 0.4) is 0 Å². The molecule has 3 amide bonds. The third-order valence-electron chi connectivity index (χ3n) is 7.32. The van der Waals surface area contributed by atoms with Crippen LogP contribution in [0.25, 0.3) is 10.8 Å². The van der Waals surface area contributed by atoms with Gasteiger partial charge >= 0.3 is 6.09 Å². The molecule has 0 spiro atoms. The molecule has 9 nitrogen and oxygen atoms in total. The highest BCUT2D eigenvalue weighted by molar-refractivity contribution is 5.92. The van der Waals surface area contributed by atoms with Crippen molar-refractivity contribution in [1.29, 1.82) is 0 Å². The first-order valence-electron chi connectivity index (χ1n) is 12.8. The van der Waals surface area contributed by atoms with Crippen LogP contribution in [-0.2, 0) is 27.3 Å². The lowest BCUT2D eigenvalue weighted by molar-refractivity contribution is -0.266. The lowest BCUT2D eigenvalue weighted by Gasteiger charge is -2.53. The number of carboxylic acid groups (broad SMARTS) is 1. The molecule has 2 aliphatic heterocycles. The molecule has 2 fully saturated rings. The summed E-state index contributed by atoms with van der Waals surface area (Å²) >= 11 is 0. The second kappa shape index (κ2) is 10.3. The monoisotopic (exact) mass is 517 g/mol. The smallest absolute Gasteiger partial charge is 0.433 e. The highest BCUT2D eigenvalue weighted by atomic mass is 16.7. The number of rotatable bonds is 6. The van der Waals surface area contributed by atoms with E-state index in [1.807, 2.05) is 50.2 Å². The Balaban J connectivity index is 1.41. The van der Waals surface area contributed by atoms with Gasteiger partial charge in [-0.2, -0.15) is 5.06 Å². The van der Waals surface area contributed by atoms with Crippen LogP contribution in [0, 0.1) is 5.92 Å². The number of amides is 3. The van der Waals surface area contributed by atoms with Crippen molar-refractivity contribution in [2.45, 2.75) is 45.0 Å². The van der Waals surface area contributed by atoms with Crippen LogP contribution >= 0.6 is 0 Å². The summed E-state index contributed by atoms with van der Waals surface area (Å²) in [5.74, 6) is -0.763. The molecule has 38 heavy (non-hydrogen) atoms. The van der Waals surface area contributed by atoms with Gasteiger partial charge in [0.1, 0.15) is 11.8 Å². The molecule has 0 aromatic heterocycles. The van der Waals surface area contributed by atoms with E-state index in [0.29, 0.717) is 18.5 Å². The number of aromatic hydroxyl groups is 1. The number of carbonyl (C=O) groups excluding carboxylic acids is 2. The number of piperazine rings is 1. The van der Waals surface area contributed by atoms with Crippen molar-refractivity contribution in [3.05, 3.63) is 77.9 Å². The summed E-state index contributed by atoms with van der Waals surface area (Å²) in [5, 5.41) is 22.6. The van der Waals surface area contributed by atoms with Gasteiger partial charge in [0, 0.05) is 13.0 Å². The number of phenols is 1. The Morgan fingerprint density at radius 1 is 1.00 bits per heavy atom. The Labute approximate surface area is 220 Å². The fraction of sp³-hybridized carbons (Fsp3) is 0.345. The first-order valence-corrected chi connectivity index (χ1v) is 12.8. The van der Waals surface area contributed by atoms with Crippen LogP contribution in [0.1, 0.15) is 25.0 Å². The van der Waals surface area contributed by atoms with Gasteiger partial charge in [0.2, 0.25) is 5.91 Å². The van der Waals surface area contributed by atoms with Crippen LogP contribution in [0.4, 0.5) is 4.79 Å². The summed E-state index contributed by atoms with van der Waals surface area (Å²) in [6.07, 6.45) is -2.68. The lowest BCUT2D eigenvalue weighted by atomic mass is 9.94. The van der Waals surface area contributed by atoms with Gasteiger partial charge in [-0.1, -0.05) is 68.4 Å². The molecule has 2 N–H and O–H groups in total. The van der Waals surface area contributed by atoms with Crippen molar-refractivity contribution in [2.75, 3.05) is 13.1 Å². The number of hydrogen-bond acceptors (Lipinski definition) is 5. The van der Waals surface area contributed by atoms with Gasteiger partial charge in [0.25, 0.3) is 5.91 Å². The van der Waals surface area contributed by atoms with Crippen LogP contribution < -0.4 is 0 Å². The lowest BCUT2D eigenvalue weighted by Crippen LogP contribution is -2.74. The van der Waals surface area contributed by atoms with Gasteiger partial charge < -0.3 is 20.0 Å². The van der Waals surface area contributed by atoms with E-state index in [1.54, 1.807) is 17.0 Å². The average Bonchev–Trinajstić information content (AvgIpc) is 2.90. The molecule has 3 unspecified atom stereocenters. The van der Waals surface area contributed by atoms with Gasteiger partial charge in [-0.15, -0.1) is 0 Å². The van der Waals surface area contributed by atoms with E-state index in [2.05, 4.69) is 6.07 Å². The van der Waals surface area contributed by atoms with Gasteiger partial charge in [0.15, 0.2) is 12.3 Å². The summed E-state index contributed by atoms with van der Waals surface area (Å²) in [6.45, 7) is 4.13. The molecule has 0 saturated carbocycles. The topological polar surface area (TPSA) is 111 Å². The predicted molar refractivity (Wildman–Crippen MR) is 140 cm³/mol. The molecule has 2 aliphatic rings. The number of benzene rings is 3. The minimum atomic E-state index is -1.32. The first kappa shape index (κ1) is 25.5. The highest BCUT2D eigenvalue weighted by Gasteiger charge is 2.53. The molecule has 5 rings (SSSR count). The fourth-order valence-electron chi connectivity index (χ4n) is 5.47. The Bertz CT molecular complexity index is 1350. The Morgan fingerprint density at radius 2 is 1.71 bits per heavy atom. The zero-order valence-electron chi connectivity index (χ0n) is 21.4. The molecule has 0 bridgehead atoms. The van der Waals surface area contributed by atoms with E-state index in [9.17, 15) is 24.6 Å². The average molecular weight is 518 g/mol. The predicted octanol–water partition coefficient (Wildman–Crippen LogP) is 3.65. The van der Waals surface area contributed by atoms with Crippen molar-refractivity contribution >= 4 is 28.7 Å². The molecule has 0 radical (unpaired) electrons. The number of hydrogen-bond donors (Lipinski definition) is 2. The van der Waals surface area contributed by atoms with Crippen LogP contribution in [0.5, 0.6) is 5.75 Å². The van der Waals surface area contributed by atoms with Crippen molar-refractivity contribution < 1.29 is 29.4 Å². The van der Waals surface area contributed by atoms with E-state index < -0.39 is 30.3 Å². The summed E-state index contributed by atoms with van der Waals surface area (Å²) in [7, 11) is 0. The van der Waals surface area contributed by atoms with Gasteiger partial charge in [-0.05, 0) is 46.4 Å². The van der Waals surface area contributed by atoms with Crippen molar-refractivity contribution in [3.8, 4) is 5.75 Å². The minimum absolute atomic E-state index is 0.0246. The molecule has 198 valence electrons. The van der Waals surface area contributed by atoms with E-state index in [0.717, 1.165) is 21.4 Å². The summed E-state index contributed by atoms with van der Waals surface area (Å²) in [6, 6.07) is 19.6. The zero-order valence-corrected chi connectivity index (χ0v) is 21.4. The van der Waals surface area contributed by atoms with Gasteiger partial charge in [-0.3, -0.25) is 14.4 Å². The van der Waals surface area contributed by atoms with E-state index in [4.69, 9.17) is 4.84 Å². The summed E-state index contributed by atoms with van der Waals surface area (Å²) in [5.41, 5.74) is 1.80. The highest BCUT2D eigenvalue weighted by Crippen LogP contribution is 2.32. The quantitative estimate of drug-likeness (QED) is 0.517. The first-order chi connectivity index (χ1) is 18.2. The number of nitrogens with zero attached hydrogens (tertiary/aromatic N) is 3. The molecular formula is C29H31N3O6. The van der Waals surface area contributed by atoms with Crippen molar-refractivity contribution in [2.24, 2.45) is 5.92 Å². The largest absolute Gasteiger partial charge is 0.508 e. The molecule has 9 heteroatoms. The Hall–Kier alpha value is -4.11. The van der Waals surface area contributed by atoms with Crippen molar-refractivity contribution in [1.82, 2.24) is 14.9 Å². The maximum atomic E-state index is 13.7. The molecule has 2 heterocycles. The Morgan fingerprint density at radius 3 is 2.42 bits per heavy atom. The molecule has 3 aromatic rings. The van der Waals surface area contributed by atoms with Crippen LogP contribution in [0.15, 0.2) is 66.7 Å². The fourth-order valence-corrected chi connectivity index (χ4v) is 5.47. The van der Waals surface area contributed by atoms with E-state index >= 15 is 0 Å². The molecule has 3 aromatic carbocycles. The number of fused-ring (bicyclic) bond motifs is 2. The molecular weight excluding hydrogens is 486 g/mol. The third kappa shape index (κ3) is 4.77. The van der Waals surface area contributed by atoms with E-state index in [1.165, 1.54) is 17.0 Å². The van der Waals surface area contributed by atoms with E-state index in [-0.39, 0.29) is 30.5 Å². The number of hydroxylamine groups is 2. The summed E-state index contributed by atoms with van der Waals surface area (Å²) < 4.78 is 0. The minimum Gasteiger partial charge on any atom is -0.508 e. The van der Waals surface area contributed by atoms with Crippen LogP contribution in [-0.4, -0.2) is 74.4 Å². The normalized spacial score (nSPS) is 21.8. The zero-order chi connectivity index (χ0) is 27.0. The second-order valence-electron chi connectivity index (χ2n) is 10.2. The van der Waals surface area contributed by atoms with Gasteiger partial charge in [0.05, 0.1) is 6.54 Å². The maximum Gasteiger partial charge on any atom is 0.433 e. The molecule has 2 saturated heterocycles. The molecule has 3 atom stereocenters. The summed E-state index contributed by atoms with van der Waals surface area (Å²) in [4.78, 5) is 48.5. The number of phenolic OH excluding ortho intramolecular Hbond substituents is 1. The second-order valence-corrected chi connectivity index (χ2v) is 10.2. The standard InChI is InChI=1S/C29H31N3O6/c1-18(2)26-28(35)30(15-14-21-8-5-7-20-6-3-4-9-23(20)21)17-25-31(26)27(34)24(38-32(25)29(36)37)16-19-10-12-22(33)13-11-19/h3-13,18,24-26,33H,14-17H2,1-2H3,(H,36,37). The van der Waals surface area contributed by atoms with Crippen molar-refractivity contribution in [3.63, 3.8) is 0 Å². The molecule has 0 aliphatic carbocycles.